The Morgan fingerprint density at radius 1 is 1.31 bits per heavy atom. The van der Waals surface area contributed by atoms with Gasteiger partial charge in [0.05, 0.1) is 18.0 Å². The topological polar surface area (TPSA) is 84.7 Å². The van der Waals surface area contributed by atoms with E-state index in [0.29, 0.717) is 11.7 Å². The second-order valence-electron chi connectivity index (χ2n) is 7.37. The van der Waals surface area contributed by atoms with Crippen LogP contribution in [0, 0.1) is 16.0 Å². The summed E-state index contributed by atoms with van der Waals surface area (Å²) in [6.45, 7) is 2.82. The Bertz CT molecular complexity index is 673. The molecule has 0 amide bonds. The summed E-state index contributed by atoms with van der Waals surface area (Å²) in [6, 6.07) is 5.78. The molecule has 2 aliphatic rings. The zero-order valence-corrected chi connectivity index (χ0v) is 15.4. The number of ether oxygens (including phenoxy) is 1. The number of nitrogens with one attached hydrogen (secondary N) is 1. The SMILES string of the molecule is COC(=O)C1CCN(c2ccc([N+](=O)[O-])c(NC3CCCC3)c2)[C@H](C)C1. The molecule has 0 bridgehead atoms. The molecule has 1 heterocycles. The number of piperidine rings is 1. The minimum absolute atomic E-state index is 0.0691. The molecule has 7 nitrogen and oxygen atoms in total. The van der Waals surface area contributed by atoms with Crippen molar-refractivity contribution in [3.8, 4) is 0 Å². The van der Waals surface area contributed by atoms with E-state index in [1.54, 1.807) is 6.07 Å². The molecule has 0 aromatic heterocycles. The normalized spacial score (nSPS) is 23.7. The van der Waals surface area contributed by atoms with E-state index < -0.39 is 0 Å². The molecule has 142 valence electrons. The van der Waals surface area contributed by atoms with Crippen LogP contribution in [-0.2, 0) is 9.53 Å². The molecule has 1 saturated heterocycles. The zero-order chi connectivity index (χ0) is 18.7. The van der Waals surface area contributed by atoms with Gasteiger partial charge in [0.1, 0.15) is 5.69 Å². The molecule has 2 fully saturated rings. The van der Waals surface area contributed by atoms with Gasteiger partial charge in [-0.15, -0.1) is 0 Å². The van der Waals surface area contributed by atoms with Crippen LogP contribution >= 0.6 is 0 Å². The largest absolute Gasteiger partial charge is 0.469 e. The quantitative estimate of drug-likeness (QED) is 0.489. The highest BCUT2D eigenvalue weighted by molar-refractivity contribution is 5.73. The molecular formula is C19H27N3O4. The number of nitrogens with zero attached hydrogens (tertiary/aromatic N) is 2. The molecule has 3 rings (SSSR count). The van der Waals surface area contributed by atoms with Crippen molar-refractivity contribution in [2.24, 2.45) is 5.92 Å². The van der Waals surface area contributed by atoms with Gasteiger partial charge < -0.3 is 15.0 Å². The van der Waals surface area contributed by atoms with Crippen LogP contribution in [0.1, 0.15) is 45.4 Å². The molecule has 1 aliphatic carbocycles. The molecule has 7 heteroatoms. The van der Waals surface area contributed by atoms with Crippen LogP contribution < -0.4 is 10.2 Å². The number of hydrogen-bond acceptors (Lipinski definition) is 6. The Kier molecular flexibility index (Phi) is 5.64. The van der Waals surface area contributed by atoms with Gasteiger partial charge >= 0.3 is 5.97 Å². The molecule has 26 heavy (non-hydrogen) atoms. The van der Waals surface area contributed by atoms with Crippen LogP contribution in [0.25, 0.3) is 0 Å². The van der Waals surface area contributed by atoms with E-state index in [2.05, 4.69) is 17.1 Å². The first kappa shape index (κ1) is 18.5. The van der Waals surface area contributed by atoms with E-state index >= 15 is 0 Å². The Labute approximate surface area is 153 Å². The minimum atomic E-state index is -0.325. The maximum Gasteiger partial charge on any atom is 0.308 e. The highest BCUT2D eigenvalue weighted by atomic mass is 16.6. The van der Waals surface area contributed by atoms with Crippen LogP contribution in [0.4, 0.5) is 17.1 Å². The number of nitro groups is 1. The lowest BCUT2D eigenvalue weighted by atomic mass is 9.91. The molecule has 1 unspecified atom stereocenters. The first-order valence-electron chi connectivity index (χ1n) is 9.39. The van der Waals surface area contributed by atoms with Gasteiger partial charge in [0.15, 0.2) is 0 Å². The first-order chi connectivity index (χ1) is 12.5. The lowest BCUT2D eigenvalue weighted by Gasteiger charge is -2.38. The van der Waals surface area contributed by atoms with E-state index in [1.807, 2.05) is 12.1 Å². The standard InChI is InChI=1S/C19H27N3O4/c1-13-11-14(19(23)26-2)9-10-21(13)16-7-8-18(22(24)25)17(12-16)20-15-5-3-4-6-15/h7-8,12-15,20H,3-6,9-11H2,1-2H3/t13-,14?/m1/s1. The van der Waals surface area contributed by atoms with Crippen LogP contribution in [0.2, 0.25) is 0 Å². The summed E-state index contributed by atoms with van der Waals surface area (Å²) in [6.07, 6.45) is 5.92. The molecule has 1 aromatic carbocycles. The summed E-state index contributed by atoms with van der Waals surface area (Å²) >= 11 is 0. The third kappa shape index (κ3) is 3.92. The lowest BCUT2D eigenvalue weighted by molar-refractivity contribution is -0.384. The fraction of sp³-hybridized carbons (Fsp3) is 0.632. The van der Waals surface area contributed by atoms with Gasteiger partial charge in [0, 0.05) is 30.4 Å². The monoisotopic (exact) mass is 361 g/mol. The number of carbonyl (C=O) groups excluding carboxylic acids is 1. The second-order valence-corrected chi connectivity index (χ2v) is 7.37. The number of nitro benzene ring substituents is 1. The van der Waals surface area contributed by atoms with E-state index in [1.165, 1.54) is 20.0 Å². The van der Waals surface area contributed by atoms with Gasteiger partial charge in [-0.05, 0) is 44.7 Å². The van der Waals surface area contributed by atoms with Crippen molar-refractivity contribution in [1.29, 1.82) is 0 Å². The summed E-state index contributed by atoms with van der Waals surface area (Å²) in [4.78, 5) is 25.1. The van der Waals surface area contributed by atoms with Crippen molar-refractivity contribution in [3.05, 3.63) is 28.3 Å². The number of methoxy groups -OCH3 is 1. The van der Waals surface area contributed by atoms with Crippen molar-refractivity contribution in [3.63, 3.8) is 0 Å². The second kappa shape index (κ2) is 7.93. The Balaban J connectivity index is 1.79. The Hall–Kier alpha value is -2.31. The number of anilines is 2. The fourth-order valence-electron chi connectivity index (χ4n) is 4.20. The minimum Gasteiger partial charge on any atom is -0.469 e. The highest BCUT2D eigenvalue weighted by Crippen LogP contribution is 2.35. The number of esters is 1. The summed E-state index contributed by atoms with van der Waals surface area (Å²) in [5.41, 5.74) is 1.69. The Morgan fingerprint density at radius 2 is 2.04 bits per heavy atom. The van der Waals surface area contributed by atoms with Gasteiger partial charge in [-0.3, -0.25) is 14.9 Å². The smallest absolute Gasteiger partial charge is 0.308 e. The van der Waals surface area contributed by atoms with Gasteiger partial charge in [-0.1, -0.05) is 12.8 Å². The zero-order valence-electron chi connectivity index (χ0n) is 15.4. The average molecular weight is 361 g/mol. The van der Waals surface area contributed by atoms with Crippen LogP contribution in [0.3, 0.4) is 0 Å². The number of benzene rings is 1. The van der Waals surface area contributed by atoms with Crippen molar-refractivity contribution >= 4 is 23.0 Å². The fourth-order valence-corrected chi connectivity index (χ4v) is 4.20. The van der Waals surface area contributed by atoms with Crippen molar-refractivity contribution in [2.75, 3.05) is 23.9 Å². The van der Waals surface area contributed by atoms with E-state index in [9.17, 15) is 14.9 Å². The summed E-state index contributed by atoms with van der Waals surface area (Å²) in [5, 5.41) is 14.8. The van der Waals surface area contributed by atoms with Gasteiger partial charge in [0.25, 0.3) is 5.69 Å². The molecular weight excluding hydrogens is 334 g/mol. The summed E-state index contributed by atoms with van der Waals surface area (Å²) < 4.78 is 4.87. The summed E-state index contributed by atoms with van der Waals surface area (Å²) in [5.74, 6) is -0.218. The molecule has 0 spiro atoms. The van der Waals surface area contributed by atoms with Crippen molar-refractivity contribution in [1.82, 2.24) is 0 Å². The predicted octanol–water partition coefficient (Wildman–Crippen LogP) is 3.73. The number of carbonyl (C=O) groups is 1. The van der Waals surface area contributed by atoms with Crippen LogP contribution in [0.5, 0.6) is 0 Å². The third-order valence-electron chi connectivity index (χ3n) is 5.63. The molecule has 1 aromatic rings. The summed E-state index contributed by atoms with van der Waals surface area (Å²) in [7, 11) is 1.43. The Morgan fingerprint density at radius 3 is 2.65 bits per heavy atom. The van der Waals surface area contributed by atoms with Crippen molar-refractivity contribution in [2.45, 2.75) is 57.5 Å². The number of hydrogen-bond donors (Lipinski definition) is 1. The molecule has 0 radical (unpaired) electrons. The van der Waals surface area contributed by atoms with Gasteiger partial charge in [-0.2, -0.15) is 0 Å². The third-order valence-corrected chi connectivity index (χ3v) is 5.63. The van der Waals surface area contributed by atoms with Gasteiger partial charge in [0.2, 0.25) is 0 Å². The van der Waals surface area contributed by atoms with Crippen molar-refractivity contribution < 1.29 is 14.5 Å². The maximum absolute atomic E-state index is 11.8. The predicted molar refractivity (Wildman–Crippen MR) is 101 cm³/mol. The van der Waals surface area contributed by atoms with Crippen LogP contribution in [0.15, 0.2) is 18.2 Å². The van der Waals surface area contributed by atoms with E-state index in [4.69, 9.17) is 4.74 Å². The molecule has 1 N–H and O–H groups in total. The van der Waals surface area contributed by atoms with E-state index in [-0.39, 0.29) is 28.5 Å². The first-order valence-corrected chi connectivity index (χ1v) is 9.39. The van der Waals surface area contributed by atoms with E-state index in [0.717, 1.165) is 37.9 Å². The van der Waals surface area contributed by atoms with Crippen LogP contribution in [-0.4, -0.2) is 36.6 Å². The molecule has 1 aliphatic heterocycles. The average Bonchev–Trinajstić information content (AvgIpc) is 3.13. The molecule has 1 saturated carbocycles. The highest BCUT2D eigenvalue weighted by Gasteiger charge is 2.31. The maximum atomic E-state index is 11.8. The molecule has 2 atom stereocenters. The number of rotatable bonds is 5. The lowest BCUT2D eigenvalue weighted by Crippen LogP contribution is -2.43. The van der Waals surface area contributed by atoms with Gasteiger partial charge in [-0.25, -0.2) is 0 Å².